The summed E-state index contributed by atoms with van der Waals surface area (Å²) in [6.45, 7) is 2.17. The summed E-state index contributed by atoms with van der Waals surface area (Å²) in [6, 6.07) is 8.20. The predicted octanol–water partition coefficient (Wildman–Crippen LogP) is 2.42. The molecule has 0 spiro atoms. The molecule has 1 aromatic carbocycles. The lowest BCUT2D eigenvalue weighted by atomic mass is 9.89. The van der Waals surface area contributed by atoms with Crippen LogP contribution >= 0.6 is 0 Å². The van der Waals surface area contributed by atoms with E-state index in [1.807, 2.05) is 17.0 Å². The predicted molar refractivity (Wildman–Crippen MR) is 103 cm³/mol. The Bertz CT molecular complexity index is 877. The Morgan fingerprint density at radius 2 is 2.04 bits per heavy atom. The van der Waals surface area contributed by atoms with Crippen molar-refractivity contribution in [1.29, 1.82) is 0 Å². The SMILES string of the molecule is COc1cc(N2C[C@@H]3CN(C(=O)N(C)C)[C@H](c4cccc(F)c4)[C@@H]3C2)ncn1. The lowest BCUT2D eigenvalue weighted by molar-refractivity contribution is 0.159. The summed E-state index contributed by atoms with van der Waals surface area (Å²) in [5.41, 5.74) is 0.838. The lowest BCUT2D eigenvalue weighted by Gasteiger charge is -2.32. The van der Waals surface area contributed by atoms with Gasteiger partial charge in [-0.1, -0.05) is 12.1 Å². The molecule has 4 rings (SSSR count). The van der Waals surface area contributed by atoms with Crippen LogP contribution in [0.1, 0.15) is 11.6 Å². The van der Waals surface area contributed by atoms with Crippen LogP contribution in [0.5, 0.6) is 5.88 Å². The molecule has 2 amide bonds. The fourth-order valence-electron chi connectivity index (χ4n) is 4.42. The molecule has 0 radical (unpaired) electrons. The number of nitrogens with zero attached hydrogens (tertiary/aromatic N) is 5. The van der Waals surface area contributed by atoms with Gasteiger partial charge in [-0.2, -0.15) is 0 Å². The average molecular weight is 385 g/mol. The summed E-state index contributed by atoms with van der Waals surface area (Å²) < 4.78 is 19.1. The number of ether oxygens (including phenoxy) is 1. The summed E-state index contributed by atoms with van der Waals surface area (Å²) in [7, 11) is 5.08. The van der Waals surface area contributed by atoms with Crippen LogP contribution in [0.25, 0.3) is 0 Å². The molecular formula is C20H24FN5O2. The molecule has 2 aliphatic heterocycles. The van der Waals surface area contributed by atoms with Crippen LogP contribution in [-0.2, 0) is 0 Å². The van der Waals surface area contributed by atoms with E-state index in [-0.39, 0.29) is 29.7 Å². The molecule has 8 heteroatoms. The van der Waals surface area contributed by atoms with E-state index >= 15 is 0 Å². The van der Waals surface area contributed by atoms with Crippen LogP contribution in [0, 0.1) is 17.7 Å². The third-order valence-corrected chi connectivity index (χ3v) is 5.64. The van der Waals surface area contributed by atoms with E-state index in [2.05, 4.69) is 14.9 Å². The van der Waals surface area contributed by atoms with E-state index in [1.165, 1.54) is 12.4 Å². The van der Waals surface area contributed by atoms with Crippen LogP contribution in [-0.4, -0.2) is 66.6 Å². The maximum Gasteiger partial charge on any atom is 0.320 e. The molecule has 0 N–H and O–H groups in total. The number of fused-ring (bicyclic) bond motifs is 1. The lowest BCUT2D eigenvalue weighted by Crippen LogP contribution is -2.41. The van der Waals surface area contributed by atoms with E-state index in [4.69, 9.17) is 4.74 Å². The summed E-state index contributed by atoms with van der Waals surface area (Å²) in [5, 5.41) is 0. The van der Waals surface area contributed by atoms with Crippen molar-refractivity contribution in [2.24, 2.45) is 11.8 Å². The second kappa shape index (κ2) is 7.26. The molecule has 7 nitrogen and oxygen atoms in total. The number of methoxy groups -OCH3 is 1. The quantitative estimate of drug-likeness (QED) is 0.812. The number of anilines is 1. The van der Waals surface area contributed by atoms with Crippen molar-refractivity contribution in [3.63, 3.8) is 0 Å². The van der Waals surface area contributed by atoms with Crippen molar-refractivity contribution in [2.75, 3.05) is 45.7 Å². The Labute approximate surface area is 163 Å². The van der Waals surface area contributed by atoms with Crippen LogP contribution in [0.2, 0.25) is 0 Å². The highest BCUT2D eigenvalue weighted by Gasteiger charge is 2.49. The highest BCUT2D eigenvalue weighted by molar-refractivity contribution is 5.75. The third-order valence-electron chi connectivity index (χ3n) is 5.64. The van der Waals surface area contributed by atoms with Gasteiger partial charge in [0.1, 0.15) is 18.0 Å². The Kier molecular flexibility index (Phi) is 4.78. The van der Waals surface area contributed by atoms with Crippen LogP contribution < -0.4 is 9.64 Å². The maximum atomic E-state index is 13.9. The first-order valence-corrected chi connectivity index (χ1v) is 9.32. The summed E-state index contributed by atoms with van der Waals surface area (Å²) in [6.07, 6.45) is 1.49. The largest absolute Gasteiger partial charge is 0.481 e. The second-order valence-electron chi connectivity index (χ2n) is 7.58. The van der Waals surface area contributed by atoms with E-state index < -0.39 is 0 Å². The number of benzene rings is 1. The monoisotopic (exact) mass is 385 g/mol. The highest BCUT2D eigenvalue weighted by Crippen LogP contribution is 2.46. The number of hydrogen-bond donors (Lipinski definition) is 0. The Morgan fingerprint density at radius 3 is 2.75 bits per heavy atom. The van der Waals surface area contributed by atoms with Crippen molar-refractivity contribution >= 4 is 11.8 Å². The Morgan fingerprint density at radius 1 is 1.21 bits per heavy atom. The van der Waals surface area contributed by atoms with Gasteiger partial charge in [0, 0.05) is 51.6 Å². The average Bonchev–Trinajstić information content (AvgIpc) is 3.25. The van der Waals surface area contributed by atoms with Crippen molar-refractivity contribution < 1.29 is 13.9 Å². The molecule has 2 saturated heterocycles. The second-order valence-corrected chi connectivity index (χ2v) is 7.58. The third kappa shape index (κ3) is 3.23. The molecule has 1 aromatic heterocycles. The molecule has 0 aliphatic carbocycles. The molecule has 3 atom stereocenters. The number of rotatable bonds is 3. The van der Waals surface area contributed by atoms with Gasteiger partial charge in [0.2, 0.25) is 5.88 Å². The van der Waals surface area contributed by atoms with Gasteiger partial charge in [-0.05, 0) is 17.7 Å². The first-order chi connectivity index (χ1) is 13.5. The fraction of sp³-hybridized carbons (Fsp3) is 0.450. The van der Waals surface area contributed by atoms with E-state index in [9.17, 15) is 9.18 Å². The van der Waals surface area contributed by atoms with Gasteiger partial charge in [0.15, 0.2) is 0 Å². The number of likely N-dealkylation sites (tertiary alicyclic amines) is 1. The first-order valence-electron chi connectivity index (χ1n) is 9.32. The molecular weight excluding hydrogens is 361 g/mol. The zero-order chi connectivity index (χ0) is 19.8. The standard InChI is InChI=1S/C20H24FN5O2/c1-24(2)20(27)26-10-14-9-25(17-8-18(28-3)23-12-22-17)11-16(14)19(26)13-5-4-6-15(21)7-13/h4-8,12,14,16,19H,9-11H2,1-3H3/t14-,16-,19-/m1/s1. The number of halogens is 1. The zero-order valence-corrected chi connectivity index (χ0v) is 16.2. The minimum absolute atomic E-state index is 0.0427. The maximum absolute atomic E-state index is 13.9. The summed E-state index contributed by atoms with van der Waals surface area (Å²) >= 11 is 0. The fourth-order valence-corrected chi connectivity index (χ4v) is 4.42. The number of amides is 2. The highest BCUT2D eigenvalue weighted by atomic mass is 19.1. The van der Waals surface area contributed by atoms with Crippen LogP contribution in [0.4, 0.5) is 15.0 Å². The molecule has 0 bridgehead atoms. The molecule has 2 fully saturated rings. The molecule has 28 heavy (non-hydrogen) atoms. The molecule has 148 valence electrons. The van der Waals surface area contributed by atoms with Crippen molar-refractivity contribution in [2.45, 2.75) is 6.04 Å². The van der Waals surface area contributed by atoms with Crippen LogP contribution in [0.15, 0.2) is 36.7 Å². The summed E-state index contributed by atoms with van der Waals surface area (Å²) in [5.74, 6) is 1.54. The van der Waals surface area contributed by atoms with Crippen LogP contribution in [0.3, 0.4) is 0 Å². The van der Waals surface area contributed by atoms with Gasteiger partial charge in [-0.3, -0.25) is 0 Å². The minimum atomic E-state index is -0.284. The van der Waals surface area contributed by atoms with Gasteiger partial charge in [-0.15, -0.1) is 0 Å². The van der Waals surface area contributed by atoms with Gasteiger partial charge in [-0.25, -0.2) is 19.2 Å². The Balaban J connectivity index is 1.64. The van der Waals surface area contributed by atoms with E-state index in [0.29, 0.717) is 12.4 Å². The number of urea groups is 1. The van der Waals surface area contributed by atoms with Gasteiger partial charge in [0.25, 0.3) is 0 Å². The first kappa shape index (κ1) is 18.5. The Hall–Kier alpha value is -2.90. The minimum Gasteiger partial charge on any atom is -0.481 e. The van der Waals surface area contributed by atoms with Crippen molar-refractivity contribution in [3.05, 3.63) is 48.0 Å². The normalized spacial score (nSPS) is 23.6. The molecule has 0 saturated carbocycles. The summed E-state index contributed by atoms with van der Waals surface area (Å²) in [4.78, 5) is 26.9. The smallest absolute Gasteiger partial charge is 0.320 e. The van der Waals surface area contributed by atoms with E-state index in [0.717, 1.165) is 24.5 Å². The molecule has 3 heterocycles. The van der Waals surface area contributed by atoms with Gasteiger partial charge >= 0.3 is 6.03 Å². The van der Waals surface area contributed by atoms with Gasteiger partial charge in [0.05, 0.1) is 13.2 Å². The molecule has 2 aliphatic rings. The van der Waals surface area contributed by atoms with E-state index in [1.54, 1.807) is 38.2 Å². The number of carbonyl (C=O) groups is 1. The molecule has 0 unspecified atom stereocenters. The van der Waals surface area contributed by atoms with Crippen molar-refractivity contribution in [1.82, 2.24) is 19.8 Å². The van der Waals surface area contributed by atoms with Crippen molar-refractivity contribution in [3.8, 4) is 5.88 Å². The zero-order valence-electron chi connectivity index (χ0n) is 16.2. The number of hydrogen-bond acceptors (Lipinski definition) is 5. The molecule has 2 aromatic rings. The number of aromatic nitrogens is 2. The number of carbonyl (C=O) groups excluding carboxylic acids is 1. The topological polar surface area (TPSA) is 61.8 Å². The van der Waals surface area contributed by atoms with Gasteiger partial charge < -0.3 is 19.4 Å².